The monoisotopic (exact) mass is 323 g/mol. The highest BCUT2D eigenvalue weighted by molar-refractivity contribution is 5.70. The third kappa shape index (κ3) is 3.69. The molecule has 6 nitrogen and oxygen atoms in total. The summed E-state index contributed by atoms with van der Waals surface area (Å²) in [5, 5.41) is 9.12. The fourth-order valence-corrected chi connectivity index (χ4v) is 3.11. The minimum Gasteiger partial charge on any atom is -0.496 e. The maximum atomic E-state index is 11.1. The molecule has 1 aromatic carbocycles. The first-order valence-electron chi connectivity index (χ1n) is 7.78. The van der Waals surface area contributed by atoms with E-state index in [1.54, 1.807) is 21.3 Å². The summed E-state index contributed by atoms with van der Waals surface area (Å²) >= 11 is 0. The smallest absolute Gasteiger partial charge is 0.306 e. The quantitative estimate of drug-likeness (QED) is 0.868. The van der Waals surface area contributed by atoms with E-state index >= 15 is 0 Å². The summed E-state index contributed by atoms with van der Waals surface area (Å²) in [5.41, 5.74) is 1.01. The van der Waals surface area contributed by atoms with Crippen molar-refractivity contribution in [3.05, 3.63) is 17.7 Å². The van der Waals surface area contributed by atoms with Crippen LogP contribution in [0.15, 0.2) is 12.1 Å². The van der Waals surface area contributed by atoms with Crippen LogP contribution in [-0.2, 0) is 4.79 Å². The molecule has 1 aliphatic rings. The van der Waals surface area contributed by atoms with Crippen LogP contribution in [-0.4, -0.2) is 50.4 Å². The predicted octanol–water partition coefficient (Wildman–Crippen LogP) is 2.57. The Morgan fingerprint density at radius 3 is 2.09 bits per heavy atom. The lowest BCUT2D eigenvalue weighted by atomic mass is 9.94. The van der Waals surface area contributed by atoms with Crippen LogP contribution in [0.3, 0.4) is 0 Å². The summed E-state index contributed by atoms with van der Waals surface area (Å²) in [6.07, 6.45) is 1.35. The van der Waals surface area contributed by atoms with Gasteiger partial charge in [0.2, 0.25) is 0 Å². The van der Waals surface area contributed by atoms with Gasteiger partial charge in [0.15, 0.2) is 11.5 Å². The van der Waals surface area contributed by atoms with Crippen molar-refractivity contribution in [1.29, 1.82) is 0 Å². The fraction of sp³-hybridized carbons (Fsp3) is 0.588. The van der Waals surface area contributed by atoms with Gasteiger partial charge in [-0.2, -0.15) is 0 Å². The van der Waals surface area contributed by atoms with E-state index in [1.807, 2.05) is 12.1 Å². The first-order chi connectivity index (χ1) is 11.0. The van der Waals surface area contributed by atoms with Crippen molar-refractivity contribution in [2.45, 2.75) is 25.8 Å². The number of hydrogen-bond acceptors (Lipinski definition) is 5. The molecule has 0 aliphatic carbocycles. The lowest BCUT2D eigenvalue weighted by Gasteiger charge is -2.35. The average Bonchev–Trinajstić information content (AvgIpc) is 2.59. The minimum absolute atomic E-state index is 0.111. The van der Waals surface area contributed by atoms with Crippen molar-refractivity contribution in [2.75, 3.05) is 34.4 Å². The first-order valence-corrected chi connectivity index (χ1v) is 7.78. The van der Waals surface area contributed by atoms with Gasteiger partial charge in [0.05, 0.1) is 27.2 Å². The maximum Gasteiger partial charge on any atom is 0.306 e. The fourth-order valence-electron chi connectivity index (χ4n) is 3.11. The summed E-state index contributed by atoms with van der Waals surface area (Å²) in [5.74, 6) is 1.11. The van der Waals surface area contributed by atoms with Gasteiger partial charge in [0, 0.05) is 17.7 Å². The number of benzene rings is 1. The van der Waals surface area contributed by atoms with Gasteiger partial charge in [-0.25, -0.2) is 0 Å². The number of likely N-dealkylation sites (tertiary alicyclic amines) is 1. The molecule has 128 valence electrons. The van der Waals surface area contributed by atoms with E-state index in [0.717, 1.165) is 24.4 Å². The highest BCUT2D eigenvalue weighted by Crippen LogP contribution is 2.39. The second-order valence-electron chi connectivity index (χ2n) is 5.77. The number of carboxylic acid groups (broad SMARTS) is 1. The molecule has 1 N–H and O–H groups in total. The molecular formula is C17H25NO5. The maximum absolute atomic E-state index is 11.1. The van der Waals surface area contributed by atoms with Crippen LogP contribution in [0.2, 0.25) is 0 Å². The van der Waals surface area contributed by atoms with Crippen molar-refractivity contribution in [1.82, 2.24) is 4.90 Å². The summed E-state index contributed by atoms with van der Waals surface area (Å²) < 4.78 is 16.2. The number of rotatable bonds is 6. The molecule has 1 heterocycles. The van der Waals surface area contributed by atoms with Crippen LogP contribution in [0.4, 0.5) is 0 Å². The van der Waals surface area contributed by atoms with Crippen molar-refractivity contribution < 1.29 is 24.1 Å². The molecule has 23 heavy (non-hydrogen) atoms. The van der Waals surface area contributed by atoms with Gasteiger partial charge >= 0.3 is 5.97 Å². The molecule has 1 saturated heterocycles. The summed E-state index contributed by atoms with van der Waals surface area (Å²) in [7, 11) is 4.84. The van der Waals surface area contributed by atoms with Gasteiger partial charge in [-0.3, -0.25) is 9.69 Å². The Hall–Kier alpha value is -1.95. The van der Waals surface area contributed by atoms with Crippen LogP contribution in [0.1, 0.15) is 31.4 Å². The highest BCUT2D eigenvalue weighted by Gasteiger charge is 2.29. The van der Waals surface area contributed by atoms with Crippen LogP contribution in [0.25, 0.3) is 0 Å². The largest absolute Gasteiger partial charge is 0.496 e. The van der Waals surface area contributed by atoms with E-state index in [0.29, 0.717) is 24.3 Å². The molecule has 0 amide bonds. The molecule has 1 unspecified atom stereocenters. The van der Waals surface area contributed by atoms with E-state index in [-0.39, 0.29) is 12.0 Å². The second-order valence-corrected chi connectivity index (χ2v) is 5.77. The third-order valence-corrected chi connectivity index (χ3v) is 4.61. The van der Waals surface area contributed by atoms with Gasteiger partial charge in [-0.15, -0.1) is 0 Å². The molecule has 0 aromatic heterocycles. The predicted molar refractivity (Wildman–Crippen MR) is 86.4 cm³/mol. The Morgan fingerprint density at radius 1 is 1.09 bits per heavy atom. The SMILES string of the molecule is COc1cc(OC)c(C(C)N2CCC(C(=O)O)CC2)cc1OC. The lowest BCUT2D eigenvalue weighted by Crippen LogP contribution is -2.38. The summed E-state index contributed by atoms with van der Waals surface area (Å²) in [6.45, 7) is 3.62. The van der Waals surface area contributed by atoms with E-state index in [1.165, 1.54) is 0 Å². The molecule has 1 atom stereocenters. The molecule has 1 aromatic rings. The number of hydrogen-bond donors (Lipinski definition) is 1. The van der Waals surface area contributed by atoms with Gasteiger partial charge in [0.25, 0.3) is 0 Å². The third-order valence-electron chi connectivity index (χ3n) is 4.61. The van der Waals surface area contributed by atoms with E-state index in [9.17, 15) is 4.79 Å². The number of aliphatic carboxylic acids is 1. The van der Waals surface area contributed by atoms with Gasteiger partial charge in [-0.1, -0.05) is 0 Å². The number of ether oxygens (including phenoxy) is 3. The van der Waals surface area contributed by atoms with Gasteiger partial charge in [0.1, 0.15) is 5.75 Å². The number of methoxy groups -OCH3 is 3. The van der Waals surface area contributed by atoms with Crippen molar-refractivity contribution in [2.24, 2.45) is 5.92 Å². The average molecular weight is 323 g/mol. The molecule has 0 saturated carbocycles. The minimum atomic E-state index is -0.694. The number of carbonyl (C=O) groups is 1. The zero-order valence-corrected chi connectivity index (χ0v) is 14.2. The Morgan fingerprint density at radius 2 is 1.61 bits per heavy atom. The Labute approximate surface area is 136 Å². The molecule has 6 heteroatoms. The molecule has 1 fully saturated rings. The Balaban J connectivity index is 2.21. The molecule has 0 spiro atoms. The Kier molecular flexibility index (Phi) is 5.71. The van der Waals surface area contributed by atoms with Crippen LogP contribution >= 0.6 is 0 Å². The molecule has 0 bridgehead atoms. The lowest BCUT2D eigenvalue weighted by molar-refractivity contribution is -0.143. The van der Waals surface area contributed by atoms with Crippen LogP contribution in [0.5, 0.6) is 17.2 Å². The molecular weight excluding hydrogens is 298 g/mol. The second kappa shape index (κ2) is 7.55. The standard InChI is InChI=1S/C17H25NO5/c1-11(18-7-5-12(6-8-18)17(19)20)13-9-15(22-3)16(23-4)10-14(13)21-2/h9-12H,5-8H2,1-4H3,(H,19,20). The normalized spacial score (nSPS) is 17.6. The van der Waals surface area contributed by atoms with Crippen molar-refractivity contribution >= 4 is 5.97 Å². The number of nitrogens with zero attached hydrogens (tertiary/aromatic N) is 1. The van der Waals surface area contributed by atoms with Crippen LogP contribution < -0.4 is 14.2 Å². The zero-order chi connectivity index (χ0) is 17.0. The van der Waals surface area contributed by atoms with Crippen LogP contribution in [0, 0.1) is 5.92 Å². The summed E-state index contributed by atoms with van der Waals surface area (Å²) in [4.78, 5) is 13.4. The molecule has 2 rings (SSSR count). The van der Waals surface area contributed by atoms with E-state index in [2.05, 4.69) is 11.8 Å². The van der Waals surface area contributed by atoms with E-state index in [4.69, 9.17) is 19.3 Å². The van der Waals surface area contributed by atoms with Crippen molar-refractivity contribution in [3.63, 3.8) is 0 Å². The summed E-state index contributed by atoms with van der Waals surface area (Å²) in [6, 6.07) is 3.87. The Bertz CT molecular complexity index is 552. The zero-order valence-electron chi connectivity index (χ0n) is 14.2. The topological polar surface area (TPSA) is 68.2 Å². The van der Waals surface area contributed by atoms with Gasteiger partial charge in [-0.05, 0) is 38.9 Å². The first kappa shape index (κ1) is 17.4. The molecule has 1 aliphatic heterocycles. The number of carboxylic acids is 1. The highest BCUT2D eigenvalue weighted by atomic mass is 16.5. The molecule has 0 radical (unpaired) electrons. The van der Waals surface area contributed by atoms with E-state index < -0.39 is 5.97 Å². The van der Waals surface area contributed by atoms with Crippen molar-refractivity contribution in [3.8, 4) is 17.2 Å². The van der Waals surface area contributed by atoms with Gasteiger partial charge < -0.3 is 19.3 Å². The number of piperidine rings is 1.